The van der Waals surface area contributed by atoms with Crippen LogP contribution in [-0.2, 0) is 0 Å². The predicted octanol–water partition coefficient (Wildman–Crippen LogP) is 3.58. The van der Waals surface area contributed by atoms with E-state index in [1.165, 1.54) is 35.8 Å². The molecule has 2 nitrogen and oxygen atoms in total. The second kappa shape index (κ2) is 6.69. The van der Waals surface area contributed by atoms with Crippen molar-refractivity contribution in [3.8, 4) is 0 Å². The van der Waals surface area contributed by atoms with E-state index in [9.17, 15) is 0 Å². The van der Waals surface area contributed by atoms with Crippen LogP contribution < -0.4 is 5.32 Å². The fourth-order valence-corrected chi connectivity index (χ4v) is 3.52. The minimum Gasteiger partial charge on any atom is -0.318 e. The zero-order valence-electron chi connectivity index (χ0n) is 11.3. The zero-order chi connectivity index (χ0) is 13.0. The van der Waals surface area contributed by atoms with Crippen LogP contribution in [0, 0.1) is 0 Å². The summed E-state index contributed by atoms with van der Waals surface area (Å²) in [7, 11) is 2.05. The minimum atomic E-state index is 0.559. The third-order valence-corrected chi connectivity index (χ3v) is 4.38. The maximum Gasteiger partial charge on any atom is 0.0349 e. The van der Waals surface area contributed by atoms with E-state index in [1.54, 1.807) is 0 Å². The molecule has 1 N–H and O–H groups in total. The van der Waals surface area contributed by atoms with Crippen molar-refractivity contribution < 1.29 is 0 Å². The number of likely N-dealkylation sites (N-methyl/N-ethyl adjacent to an activating group) is 1. The number of nitrogens with one attached hydrogen (secondary N) is 1. The average molecular weight is 311 g/mol. The molecule has 1 aliphatic heterocycles. The molecule has 1 aromatic carbocycles. The van der Waals surface area contributed by atoms with Crippen molar-refractivity contribution in [3.63, 3.8) is 0 Å². The lowest BCUT2D eigenvalue weighted by molar-refractivity contribution is 0.174. The molecule has 2 unspecified atom stereocenters. The van der Waals surface area contributed by atoms with Gasteiger partial charge in [0.15, 0.2) is 0 Å². The van der Waals surface area contributed by atoms with Gasteiger partial charge in [-0.2, -0.15) is 0 Å². The highest BCUT2D eigenvalue weighted by molar-refractivity contribution is 9.10. The first-order chi connectivity index (χ1) is 8.76. The molecule has 0 bridgehead atoms. The Bertz CT molecular complexity index is 381. The summed E-state index contributed by atoms with van der Waals surface area (Å²) >= 11 is 3.58. The van der Waals surface area contributed by atoms with Crippen LogP contribution in [0.1, 0.15) is 37.8 Å². The number of hydrogen-bond acceptors (Lipinski definition) is 2. The normalized spacial score (nSPS) is 22.3. The quantitative estimate of drug-likeness (QED) is 0.894. The van der Waals surface area contributed by atoms with Gasteiger partial charge in [-0.3, -0.25) is 4.90 Å². The number of hydrogen-bond donors (Lipinski definition) is 1. The largest absolute Gasteiger partial charge is 0.318 e. The third kappa shape index (κ3) is 3.14. The summed E-state index contributed by atoms with van der Waals surface area (Å²) in [6, 6.07) is 10.0. The van der Waals surface area contributed by atoms with Crippen LogP contribution in [-0.4, -0.2) is 31.1 Å². The van der Waals surface area contributed by atoms with Gasteiger partial charge in [0.25, 0.3) is 0 Å². The molecule has 3 heteroatoms. The Morgan fingerprint density at radius 1 is 1.50 bits per heavy atom. The van der Waals surface area contributed by atoms with Gasteiger partial charge in [0.2, 0.25) is 0 Å². The van der Waals surface area contributed by atoms with E-state index >= 15 is 0 Å². The molecule has 0 saturated carbocycles. The maximum atomic E-state index is 3.58. The van der Waals surface area contributed by atoms with E-state index in [1.807, 2.05) is 0 Å². The van der Waals surface area contributed by atoms with E-state index < -0.39 is 0 Å². The molecule has 2 rings (SSSR count). The topological polar surface area (TPSA) is 15.3 Å². The standard InChI is InChI=1S/C15H23BrN2/c1-3-15(12-6-4-7-13(16)10-12)18-9-5-8-14(18)11-17-2/h4,6-7,10,14-15,17H,3,5,8-9,11H2,1-2H3. The fourth-order valence-electron chi connectivity index (χ4n) is 3.10. The van der Waals surface area contributed by atoms with Crippen molar-refractivity contribution in [1.82, 2.24) is 10.2 Å². The summed E-state index contributed by atoms with van der Waals surface area (Å²) in [4.78, 5) is 2.68. The first-order valence-corrected chi connectivity index (χ1v) is 7.71. The summed E-state index contributed by atoms with van der Waals surface area (Å²) in [5, 5.41) is 3.33. The molecule has 1 aliphatic rings. The molecule has 0 amide bonds. The van der Waals surface area contributed by atoms with Gasteiger partial charge >= 0.3 is 0 Å². The van der Waals surface area contributed by atoms with Gasteiger partial charge < -0.3 is 5.32 Å². The highest BCUT2D eigenvalue weighted by atomic mass is 79.9. The number of rotatable bonds is 5. The number of likely N-dealkylation sites (tertiary alicyclic amines) is 1. The van der Waals surface area contributed by atoms with Crippen molar-refractivity contribution in [2.75, 3.05) is 20.1 Å². The van der Waals surface area contributed by atoms with Crippen LogP contribution in [0.25, 0.3) is 0 Å². The molecule has 1 heterocycles. The molecule has 1 saturated heterocycles. The summed E-state index contributed by atoms with van der Waals surface area (Å²) in [5.74, 6) is 0. The number of halogens is 1. The molecule has 0 aromatic heterocycles. The molecular weight excluding hydrogens is 288 g/mol. The van der Waals surface area contributed by atoms with Crippen molar-refractivity contribution >= 4 is 15.9 Å². The molecule has 18 heavy (non-hydrogen) atoms. The molecule has 1 aromatic rings. The van der Waals surface area contributed by atoms with Gasteiger partial charge in [-0.15, -0.1) is 0 Å². The van der Waals surface area contributed by atoms with Gasteiger partial charge in [-0.25, -0.2) is 0 Å². The molecule has 0 radical (unpaired) electrons. The molecular formula is C15H23BrN2. The first-order valence-electron chi connectivity index (χ1n) is 6.92. The maximum absolute atomic E-state index is 3.58. The third-order valence-electron chi connectivity index (χ3n) is 3.88. The SMILES string of the molecule is CCC(c1cccc(Br)c1)N1CCCC1CNC. The van der Waals surface area contributed by atoms with E-state index in [-0.39, 0.29) is 0 Å². The fraction of sp³-hybridized carbons (Fsp3) is 0.600. The lowest BCUT2D eigenvalue weighted by Gasteiger charge is -2.33. The summed E-state index contributed by atoms with van der Waals surface area (Å²) in [5.41, 5.74) is 1.44. The number of benzene rings is 1. The summed E-state index contributed by atoms with van der Waals surface area (Å²) in [6.45, 7) is 4.63. The van der Waals surface area contributed by atoms with Crippen LogP contribution >= 0.6 is 15.9 Å². The molecule has 0 aliphatic carbocycles. The average Bonchev–Trinajstić information content (AvgIpc) is 2.79. The Labute approximate surface area is 119 Å². The molecule has 1 fully saturated rings. The lowest BCUT2D eigenvalue weighted by atomic mass is 10.0. The second-order valence-electron chi connectivity index (χ2n) is 5.07. The first kappa shape index (κ1) is 14.0. The van der Waals surface area contributed by atoms with Crippen molar-refractivity contribution in [1.29, 1.82) is 0 Å². The van der Waals surface area contributed by atoms with E-state index in [2.05, 4.69) is 64.4 Å². The molecule has 100 valence electrons. The Hall–Kier alpha value is -0.380. The molecule has 2 atom stereocenters. The van der Waals surface area contributed by atoms with E-state index in [4.69, 9.17) is 0 Å². The Morgan fingerprint density at radius 2 is 2.33 bits per heavy atom. The highest BCUT2D eigenvalue weighted by Gasteiger charge is 2.30. The predicted molar refractivity (Wildman–Crippen MR) is 80.8 cm³/mol. The van der Waals surface area contributed by atoms with Gasteiger partial charge in [0.1, 0.15) is 0 Å². The van der Waals surface area contributed by atoms with E-state index in [0.29, 0.717) is 12.1 Å². The van der Waals surface area contributed by atoms with Crippen LogP contribution in [0.5, 0.6) is 0 Å². The van der Waals surface area contributed by atoms with E-state index in [0.717, 1.165) is 6.54 Å². The number of nitrogens with zero attached hydrogens (tertiary/aromatic N) is 1. The Kier molecular flexibility index (Phi) is 5.22. The lowest BCUT2D eigenvalue weighted by Crippen LogP contribution is -2.39. The highest BCUT2D eigenvalue weighted by Crippen LogP contribution is 2.32. The van der Waals surface area contributed by atoms with Crippen LogP contribution in [0.3, 0.4) is 0 Å². The van der Waals surface area contributed by atoms with Gasteiger partial charge in [-0.1, -0.05) is 35.0 Å². The van der Waals surface area contributed by atoms with Crippen LogP contribution in [0.4, 0.5) is 0 Å². The van der Waals surface area contributed by atoms with Crippen molar-refractivity contribution in [3.05, 3.63) is 34.3 Å². The smallest absolute Gasteiger partial charge is 0.0349 e. The monoisotopic (exact) mass is 310 g/mol. The Balaban J connectivity index is 2.17. The van der Waals surface area contributed by atoms with Gasteiger partial charge in [0, 0.05) is 23.1 Å². The van der Waals surface area contributed by atoms with Crippen molar-refractivity contribution in [2.24, 2.45) is 0 Å². The Morgan fingerprint density at radius 3 is 3.00 bits per heavy atom. The summed E-state index contributed by atoms with van der Waals surface area (Å²) < 4.78 is 1.18. The second-order valence-corrected chi connectivity index (χ2v) is 5.99. The van der Waals surface area contributed by atoms with Gasteiger partial charge in [0.05, 0.1) is 0 Å². The van der Waals surface area contributed by atoms with Crippen LogP contribution in [0.2, 0.25) is 0 Å². The zero-order valence-corrected chi connectivity index (χ0v) is 12.9. The minimum absolute atomic E-state index is 0.559. The van der Waals surface area contributed by atoms with Crippen LogP contribution in [0.15, 0.2) is 28.7 Å². The van der Waals surface area contributed by atoms with Gasteiger partial charge in [-0.05, 0) is 50.6 Å². The van der Waals surface area contributed by atoms with Crippen molar-refractivity contribution in [2.45, 2.75) is 38.3 Å². The molecule has 0 spiro atoms. The summed E-state index contributed by atoms with van der Waals surface area (Å²) in [6.07, 6.45) is 3.83.